The average Bonchev–Trinajstić information content (AvgIpc) is 2.69. The first-order valence-electron chi connectivity index (χ1n) is 9.33. The van der Waals surface area contributed by atoms with Gasteiger partial charge in [-0.05, 0) is 37.5 Å². The first-order chi connectivity index (χ1) is 12.9. The van der Waals surface area contributed by atoms with Crippen molar-refractivity contribution in [1.82, 2.24) is 14.1 Å². The van der Waals surface area contributed by atoms with E-state index >= 15 is 0 Å². The Bertz CT molecular complexity index is 774. The molecule has 0 spiro atoms. The van der Waals surface area contributed by atoms with Crippen molar-refractivity contribution in [1.29, 1.82) is 0 Å². The molecule has 0 unspecified atom stereocenters. The number of nitrogens with zero attached hydrogens (tertiary/aromatic N) is 3. The fraction of sp³-hybridized carbons (Fsp3) is 0.611. The minimum absolute atomic E-state index is 0.145. The molecule has 2 aliphatic heterocycles. The van der Waals surface area contributed by atoms with E-state index < -0.39 is 26.6 Å². The van der Waals surface area contributed by atoms with E-state index in [0.29, 0.717) is 32.1 Å². The molecule has 0 aliphatic carbocycles. The van der Waals surface area contributed by atoms with Gasteiger partial charge in [0.2, 0.25) is 15.9 Å². The molecule has 1 aromatic carbocycles. The number of benzene rings is 1. The highest BCUT2D eigenvalue weighted by atomic mass is 32.2. The van der Waals surface area contributed by atoms with Crippen LogP contribution in [0.15, 0.2) is 23.1 Å². The molecule has 150 valence electrons. The number of carbonyl (C=O) groups excluding carboxylic acids is 1. The van der Waals surface area contributed by atoms with E-state index in [9.17, 15) is 22.0 Å². The number of piperidine rings is 1. The lowest BCUT2D eigenvalue weighted by Crippen LogP contribution is -2.49. The number of likely N-dealkylation sites (tertiary alicyclic amines) is 1. The van der Waals surface area contributed by atoms with Gasteiger partial charge in [-0.3, -0.25) is 4.79 Å². The zero-order valence-corrected chi connectivity index (χ0v) is 16.1. The molecule has 2 aliphatic rings. The summed E-state index contributed by atoms with van der Waals surface area (Å²) in [6, 6.07) is 2.44. The minimum Gasteiger partial charge on any atom is -0.343 e. The molecule has 1 aromatic rings. The minimum atomic E-state index is -4.07. The summed E-state index contributed by atoms with van der Waals surface area (Å²) < 4.78 is 53.5. The molecular formula is C18H25F2N3O3S. The maximum absolute atomic E-state index is 13.9. The van der Waals surface area contributed by atoms with Crippen LogP contribution in [0.5, 0.6) is 0 Å². The lowest BCUT2D eigenvalue weighted by atomic mass is 10.1. The van der Waals surface area contributed by atoms with Crippen molar-refractivity contribution < 1.29 is 22.0 Å². The van der Waals surface area contributed by atoms with E-state index in [-0.39, 0.29) is 19.0 Å². The lowest BCUT2D eigenvalue weighted by molar-refractivity contribution is -0.132. The fourth-order valence-corrected chi connectivity index (χ4v) is 5.06. The Hall–Kier alpha value is -1.58. The lowest BCUT2D eigenvalue weighted by Gasteiger charge is -2.34. The maximum Gasteiger partial charge on any atom is 0.246 e. The van der Waals surface area contributed by atoms with Crippen LogP contribution in [-0.4, -0.2) is 74.2 Å². The van der Waals surface area contributed by atoms with Crippen LogP contribution < -0.4 is 0 Å². The second-order valence-corrected chi connectivity index (χ2v) is 8.92. The average molecular weight is 401 g/mol. The van der Waals surface area contributed by atoms with E-state index in [1.165, 1.54) is 10.7 Å². The van der Waals surface area contributed by atoms with Crippen LogP contribution in [0.25, 0.3) is 0 Å². The molecule has 3 rings (SSSR count). The molecule has 0 atom stereocenters. The van der Waals surface area contributed by atoms with E-state index in [2.05, 4.69) is 0 Å². The maximum atomic E-state index is 13.9. The van der Waals surface area contributed by atoms with Gasteiger partial charge in [-0.15, -0.1) is 0 Å². The van der Waals surface area contributed by atoms with Crippen LogP contribution in [0.4, 0.5) is 8.78 Å². The number of rotatable bonds is 5. The number of halogens is 2. The summed E-state index contributed by atoms with van der Waals surface area (Å²) in [5, 5.41) is 0. The van der Waals surface area contributed by atoms with Crippen LogP contribution in [0.3, 0.4) is 0 Å². The third-order valence-electron chi connectivity index (χ3n) is 5.19. The van der Waals surface area contributed by atoms with Gasteiger partial charge in [0.05, 0.1) is 0 Å². The van der Waals surface area contributed by atoms with E-state index in [4.69, 9.17) is 0 Å². The summed E-state index contributed by atoms with van der Waals surface area (Å²) in [5.74, 6) is -1.60. The number of piperazine rings is 1. The smallest absolute Gasteiger partial charge is 0.246 e. The van der Waals surface area contributed by atoms with Crippen molar-refractivity contribution in [2.75, 3.05) is 45.8 Å². The number of hydrogen-bond acceptors (Lipinski definition) is 4. The van der Waals surface area contributed by atoms with E-state index in [1.807, 2.05) is 9.80 Å². The second kappa shape index (κ2) is 8.62. The second-order valence-electron chi connectivity index (χ2n) is 7.01. The van der Waals surface area contributed by atoms with Crippen molar-refractivity contribution in [3.63, 3.8) is 0 Å². The van der Waals surface area contributed by atoms with Crippen molar-refractivity contribution in [3.8, 4) is 0 Å². The van der Waals surface area contributed by atoms with Gasteiger partial charge in [-0.25, -0.2) is 17.2 Å². The molecule has 0 radical (unpaired) electrons. The Morgan fingerprint density at radius 3 is 2.30 bits per heavy atom. The third kappa shape index (κ3) is 4.83. The Morgan fingerprint density at radius 2 is 1.63 bits per heavy atom. The summed E-state index contributed by atoms with van der Waals surface area (Å²) in [7, 11) is -4.07. The fourth-order valence-electron chi connectivity index (χ4n) is 3.56. The Kier molecular flexibility index (Phi) is 6.44. The first-order valence-corrected chi connectivity index (χ1v) is 10.8. The molecule has 27 heavy (non-hydrogen) atoms. The van der Waals surface area contributed by atoms with E-state index in [0.717, 1.165) is 38.1 Å². The van der Waals surface area contributed by atoms with Crippen LogP contribution in [-0.2, 0) is 14.8 Å². The SMILES string of the molecule is O=C(CCN1CCN(S(=O)(=O)c2cc(F)ccc2F)CC1)N1CCCCC1. The van der Waals surface area contributed by atoms with Crippen molar-refractivity contribution in [2.45, 2.75) is 30.6 Å². The highest BCUT2D eigenvalue weighted by Crippen LogP contribution is 2.22. The van der Waals surface area contributed by atoms with Crippen LogP contribution >= 0.6 is 0 Å². The highest BCUT2D eigenvalue weighted by Gasteiger charge is 2.31. The molecule has 2 heterocycles. The van der Waals surface area contributed by atoms with Crippen molar-refractivity contribution in [2.24, 2.45) is 0 Å². The van der Waals surface area contributed by atoms with Crippen LogP contribution in [0.2, 0.25) is 0 Å². The summed E-state index contributed by atoms with van der Waals surface area (Å²) in [6.07, 6.45) is 3.70. The van der Waals surface area contributed by atoms with E-state index in [1.54, 1.807) is 0 Å². The number of sulfonamides is 1. The molecule has 0 aromatic heterocycles. The summed E-state index contributed by atoms with van der Waals surface area (Å²) in [6.45, 7) is 3.53. The zero-order valence-electron chi connectivity index (χ0n) is 15.2. The molecular weight excluding hydrogens is 376 g/mol. The molecule has 9 heteroatoms. The normalized spacial score (nSPS) is 20.0. The molecule has 0 saturated carbocycles. The molecule has 2 fully saturated rings. The third-order valence-corrected chi connectivity index (χ3v) is 7.11. The standard InChI is InChI=1S/C18H25F2N3O3S/c19-15-4-5-16(20)17(14-15)27(25,26)23-12-10-21(11-13-23)9-6-18(24)22-7-2-1-3-8-22/h4-5,14H,1-3,6-13H2. The summed E-state index contributed by atoms with van der Waals surface area (Å²) in [4.78, 5) is 15.5. The monoisotopic (exact) mass is 401 g/mol. The number of amides is 1. The van der Waals surface area contributed by atoms with Crippen molar-refractivity contribution >= 4 is 15.9 Å². The van der Waals surface area contributed by atoms with Crippen LogP contribution in [0.1, 0.15) is 25.7 Å². The molecule has 0 N–H and O–H groups in total. The predicted octanol–water partition coefficient (Wildman–Crippen LogP) is 1.67. The largest absolute Gasteiger partial charge is 0.343 e. The molecule has 2 saturated heterocycles. The highest BCUT2D eigenvalue weighted by molar-refractivity contribution is 7.89. The van der Waals surface area contributed by atoms with Gasteiger partial charge in [0.25, 0.3) is 0 Å². The summed E-state index contributed by atoms with van der Waals surface area (Å²) in [5.41, 5.74) is 0. The molecule has 6 nitrogen and oxygen atoms in total. The van der Waals surface area contributed by atoms with Gasteiger partial charge in [-0.2, -0.15) is 4.31 Å². The first kappa shape index (κ1) is 20.2. The Morgan fingerprint density at radius 1 is 0.963 bits per heavy atom. The Labute approximate surface area is 158 Å². The van der Waals surface area contributed by atoms with Gasteiger partial charge in [0.15, 0.2) is 0 Å². The molecule has 0 bridgehead atoms. The van der Waals surface area contributed by atoms with Gasteiger partial charge < -0.3 is 9.80 Å². The van der Waals surface area contributed by atoms with Crippen LogP contribution in [0, 0.1) is 11.6 Å². The van der Waals surface area contributed by atoms with Gasteiger partial charge in [-0.1, -0.05) is 0 Å². The van der Waals surface area contributed by atoms with Gasteiger partial charge >= 0.3 is 0 Å². The Balaban J connectivity index is 1.52. The molecule has 1 amide bonds. The summed E-state index contributed by atoms with van der Waals surface area (Å²) >= 11 is 0. The topological polar surface area (TPSA) is 60.9 Å². The quantitative estimate of drug-likeness (QED) is 0.753. The van der Waals surface area contributed by atoms with Crippen molar-refractivity contribution in [3.05, 3.63) is 29.8 Å². The number of carbonyl (C=O) groups is 1. The van der Waals surface area contributed by atoms with Gasteiger partial charge in [0, 0.05) is 52.2 Å². The predicted molar refractivity (Wildman–Crippen MR) is 96.6 cm³/mol. The van der Waals surface area contributed by atoms with Gasteiger partial charge in [0.1, 0.15) is 16.5 Å². The number of hydrogen-bond donors (Lipinski definition) is 0. The zero-order chi connectivity index (χ0) is 19.4.